The van der Waals surface area contributed by atoms with Crippen LogP contribution in [0.15, 0.2) is 78.9 Å². The molecule has 0 unspecified atom stereocenters. The number of hydrogen-bond acceptors (Lipinski definition) is 3. The van der Waals surface area contributed by atoms with Gasteiger partial charge in [-0.1, -0.05) is 66.7 Å². The number of nitrogens with one attached hydrogen (secondary N) is 2. The van der Waals surface area contributed by atoms with E-state index in [1.807, 2.05) is 79.7 Å². The lowest BCUT2D eigenvalue weighted by Gasteiger charge is -2.26. The van der Waals surface area contributed by atoms with Gasteiger partial charge < -0.3 is 20.1 Å². The molecule has 2 heterocycles. The number of para-hydroxylation sites is 1. The van der Waals surface area contributed by atoms with Crippen LogP contribution in [0.3, 0.4) is 0 Å². The van der Waals surface area contributed by atoms with Crippen molar-refractivity contribution in [3.63, 3.8) is 0 Å². The molecule has 2 amide bonds. The Morgan fingerprint density at radius 3 is 2.47 bits per heavy atom. The van der Waals surface area contributed by atoms with E-state index in [-0.39, 0.29) is 24.4 Å². The second kappa shape index (κ2) is 9.15. The molecule has 34 heavy (non-hydrogen) atoms. The molecule has 0 radical (unpaired) electrons. The molecule has 1 atom stereocenters. The number of carbonyl (C=O) groups is 2. The van der Waals surface area contributed by atoms with Crippen molar-refractivity contribution in [3.8, 4) is 11.3 Å². The minimum atomic E-state index is -0.366. The van der Waals surface area contributed by atoms with Crippen molar-refractivity contribution in [2.45, 2.75) is 6.04 Å². The predicted octanol–water partition coefficient (Wildman–Crippen LogP) is 4.06. The lowest BCUT2D eigenvalue weighted by atomic mass is 9.93. The summed E-state index contributed by atoms with van der Waals surface area (Å²) in [4.78, 5) is 33.7. The average Bonchev–Trinajstić information content (AvgIpc) is 3.35. The maximum absolute atomic E-state index is 13.5. The molecular formula is C28H28N4O2. The zero-order valence-electron chi connectivity index (χ0n) is 19.4. The number of benzene rings is 3. The van der Waals surface area contributed by atoms with Crippen LogP contribution in [0.25, 0.3) is 22.2 Å². The van der Waals surface area contributed by atoms with Crippen LogP contribution in [0.1, 0.15) is 27.5 Å². The first-order valence-electron chi connectivity index (χ1n) is 11.5. The second-order valence-corrected chi connectivity index (χ2v) is 8.90. The molecule has 172 valence electrons. The van der Waals surface area contributed by atoms with Crippen LogP contribution in [0.2, 0.25) is 0 Å². The van der Waals surface area contributed by atoms with Gasteiger partial charge in [0.2, 0.25) is 5.91 Å². The first-order chi connectivity index (χ1) is 16.5. The highest BCUT2D eigenvalue weighted by Gasteiger charge is 2.40. The Balaban J connectivity index is 1.62. The Hall–Kier alpha value is -3.90. The van der Waals surface area contributed by atoms with Crippen LogP contribution in [0.4, 0.5) is 0 Å². The van der Waals surface area contributed by atoms with E-state index in [9.17, 15) is 9.59 Å². The summed E-state index contributed by atoms with van der Waals surface area (Å²) in [6.45, 7) is 1.27. The summed E-state index contributed by atoms with van der Waals surface area (Å²) in [5.41, 5.74) is 5.61. The molecule has 0 saturated carbocycles. The molecule has 0 fully saturated rings. The number of likely N-dealkylation sites (N-methyl/N-ethyl adjacent to an activating group) is 1. The molecule has 4 aromatic rings. The Bertz CT molecular complexity index is 1340. The van der Waals surface area contributed by atoms with Crippen molar-refractivity contribution in [2.24, 2.45) is 0 Å². The molecule has 2 N–H and O–H groups in total. The van der Waals surface area contributed by atoms with Gasteiger partial charge in [0.1, 0.15) is 6.54 Å². The lowest BCUT2D eigenvalue weighted by molar-refractivity contribution is -0.122. The second-order valence-electron chi connectivity index (χ2n) is 8.90. The Kier molecular flexibility index (Phi) is 5.90. The van der Waals surface area contributed by atoms with Gasteiger partial charge in [0, 0.05) is 35.1 Å². The SMILES string of the molecule is CN(C)CCNC(=O)CN1C(=O)c2ccccc2[C@@H]1c1c(-c2ccccc2)[nH]c2ccccc12. The zero-order valence-corrected chi connectivity index (χ0v) is 19.4. The number of carbonyl (C=O) groups excluding carboxylic acids is 2. The van der Waals surface area contributed by atoms with Crippen molar-refractivity contribution in [1.29, 1.82) is 0 Å². The van der Waals surface area contributed by atoms with Crippen LogP contribution in [-0.4, -0.2) is 60.3 Å². The highest BCUT2D eigenvalue weighted by molar-refractivity contribution is 6.03. The molecule has 0 spiro atoms. The van der Waals surface area contributed by atoms with E-state index in [4.69, 9.17) is 0 Å². The third kappa shape index (κ3) is 3.97. The van der Waals surface area contributed by atoms with Gasteiger partial charge in [0.15, 0.2) is 0 Å². The minimum Gasteiger partial charge on any atom is -0.354 e. The van der Waals surface area contributed by atoms with E-state index in [1.54, 1.807) is 4.90 Å². The monoisotopic (exact) mass is 452 g/mol. The molecule has 6 nitrogen and oxygen atoms in total. The van der Waals surface area contributed by atoms with Crippen molar-refractivity contribution in [2.75, 3.05) is 33.7 Å². The Morgan fingerprint density at radius 1 is 0.971 bits per heavy atom. The van der Waals surface area contributed by atoms with Crippen molar-refractivity contribution in [3.05, 3.63) is 95.6 Å². The number of nitrogens with zero attached hydrogens (tertiary/aromatic N) is 2. The van der Waals surface area contributed by atoms with Gasteiger partial charge in [-0.25, -0.2) is 0 Å². The number of aromatic nitrogens is 1. The number of aromatic amines is 1. The number of H-pyrrole nitrogens is 1. The molecule has 0 aliphatic carbocycles. The van der Waals surface area contributed by atoms with Crippen molar-refractivity contribution in [1.82, 2.24) is 20.1 Å². The first-order valence-corrected chi connectivity index (χ1v) is 11.5. The number of fused-ring (bicyclic) bond motifs is 2. The molecule has 1 aliphatic heterocycles. The molecule has 1 aromatic heterocycles. The highest BCUT2D eigenvalue weighted by atomic mass is 16.2. The van der Waals surface area contributed by atoms with E-state index in [0.29, 0.717) is 12.1 Å². The van der Waals surface area contributed by atoms with Gasteiger partial charge in [-0.15, -0.1) is 0 Å². The van der Waals surface area contributed by atoms with Crippen LogP contribution in [-0.2, 0) is 4.79 Å². The summed E-state index contributed by atoms with van der Waals surface area (Å²) in [6.07, 6.45) is 0. The van der Waals surface area contributed by atoms with Crippen LogP contribution in [0, 0.1) is 0 Å². The largest absolute Gasteiger partial charge is 0.354 e. The quantitative estimate of drug-likeness (QED) is 0.444. The third-order valence-electron chi connectivity index (χ3n) is 6.34. The third-order valence-corrected chi connectivity index (χ3v) is 6.34. The fourth-order valence-corrected chi connectivity index (χ4v) is 4.75. The Labute approximate surface area is 199 Å². The highest BCUT2D eigenvalue weighted by Crippen LogP contribution is 2.45. The molecule has 0 bridgehead atoms. The maximum Gasteiger partial charge on any atom is 0.255 e. The summed E-state index contributed by atoms with van der Waals surface area (Å²) < 4.78 is 0. The van der Waals surface area contributed by atoms with E-state index < -0.39 is 0 Å². The molecule has 0 saturated heterocycles. The van der Waals surface area contributed by atoms with Crippen LogP contribution >= 0.6 is 0 Å². The van der Waals surface area contributed by atoms with Gasteiger partial charge in [0.25, 0.3) is 5.91 Å². The summed E-state index contributed by atoms with van der Waals surface area (Å²) in [7, 11) is 3.93. The minimum absolute atomic E-state index is 0.000650. The molecule has 5 rings (SSSR count). The summed E-state index contributed by atoms with van der Waals surface area (Å²) >= 11 is 0. The number of rotatable bonds is 7. The molecule has 3 aromatic carbocycles. The fraction of sp³-hybridized carbons (Fsp3) is 0.214. The normalized spacial score (nSPS) is 15.2. The van der Waals surface area contributed by atoms with Gasteiger partial charge in [-0.3, -0.25) is 9.59 Å². The number of amides is 2. The molecular weight excluding hydrogens is 424 g/mol. The van der Waals surface area contributed by atoms with E-state index >= 15 is 0 Å². The van der Waals surface area contributed by atoms with Crippen LogP contribution in [0.5, 0.6) is 0 Å². The van der Waals surface area contributed by atoms with Gasteiger partial charge in [-0.2, -0.15) is 0 Å². The van der Waals surface area contributed by atoms with E-state index in [0.717, 1.165) is 39.8 Å². The summed E-state index contributed by atoms with van der Waals surface area (Å²) in [5.74, 6) is -0.276. The van der Waals surface area contributed by atoms with Crippen molar-refractivity contribution < 1.29 is 9.59 Å². The van der Waals surface area contributed by atoms with Crippen LogP contribution < -0.4 is 5.32 Å². The smallest absolute Gasteiger partial charge is 0.255 e. The average molecular weight is 453 g/mol. The van der Waals surface area contributed by atoms with Crippen molar-refractivity contribution >= 4 is 22.7 Å². The van der Waals surface area contributed by atoms with Gasteiger partial charge in [-0.05, 0) is 37.4 Å². The predicted molar refractivity (Wildman–Crippen MR) is 135 cm³/mol. The first kappa shape index (κ1) is 21.9. The van der Waals surface area contributed by atoms with E-state index in [2.05, 4.69) is 28.5 Å². The lowest BCUT2D eigenvalue weighted by Crippen LogP contribution is -2.41. The summed E-state index contributed by atoms with van der Waals surface area (Å²) in [5, 5.41) is 4.01. The fourth-order valence-electron chi connectivity index (χ4n) is 4.75. The topological polar surface area (TPSA) is 68.4 Å². The molecule has 1 aliphatic rings. The zero-order chi connectivity index (χ0) is 23.7. The number of hydrogen-bond donors (Lipinski definition) is 2. The summed E-state index contributed by atoms with van der Waals surface area (Å²) in [6, 6.07) is 25.6. The van der Waals surface area contributed by atoms with E-state index in [1.165, 1.54) is 0 Å². The standard InChI is InChI=1S/C28H28N4O2/c1-31(2)17-16-29-24(33)18-32-27(20-12-6-7-13-21(20)28(32)34)25-22-14-8-9-15-23(22)30-26(25)19-10-4-3-5-11-19/h3-15,27,30H,16-18H2,1-2H3,(H,29,33)/t27-/m1/s1. The van der Waals surface area contributed by atoms with Gasteiger partial charge >= 0.3 is 0 Å². The maximum atomic E-state index is 13.5. The van der Waals surface area contributed by atoms with Gasteiger partial charge in [0.05, 0.1) is 11.7 Å². The molecule has 6 heteroatoms. The Morgan fingerprint density at radius 2 is 1.68 bits per heavy atom.